The van der Waals surface area contributed by atoms with Crippen molar-refractivity contribution in [2.75, 3.05) is 13.2 Å². The molecule has 4 rings (SSSR count). The molecular formula is C25H23BrClFN2O4S. The Labute approximate surface area is 220 Å². The Bertz CT molecular complexity index is 1230. The van der Waals surface area contributed by atoms with E-state index in [0.717, 1.165) is 10.7 Å². The standard InChI is InChI=1S/C25H23BrClFN2O4S/c1-4-32-20-12-15(11-17(26)23(20)34-13-16-18(27)7-6-8-19(16)28)22-21(24(31)33-5-2)14(3)29-25-30(22)9-10-35-25/h6-12,22H,4-5,13H2,1-3H3/t22-/m0/s1. The highest BCUT2D eigenvalue weighted by Crippen LogP contribution is 2.46. The predicted octanol–water partition coefficient (Wildman–Crippen LogP) is 6.99. The van der Waals surface area contributed by atoms with Crippen molar-refractivity contribution in [2.45, 2.75) is 33.4 Å². The van der Waals surface area contributed by atoms with Gasteiger partial charge in [0, 0.05) is 11.8 Å². The van der Waals surface area contributed by atoms with E-state index in [9.17, 15) is 9.18 Å². The Morgan fingerprint density at radius 3 is 2.77 bits per heavy atom. The van der Waals surface area contributed by atoms with E-state index >= 15 is 0 Å². The van der Waals surface area contributed by atoms with Crippen LogP contribution in [-0.4, -0.2) is 29.3 Å². The SMILES string of the molecule is CCOC(=O)C1=C(C)N=C2SC=CN2[C@H]1c1cc(Br)c(OCc2c(F)cccc2Cl)c(OCC)c1. The van der Waals surface area contributed by atoms with Gasteiger partial charge in [0.25, 0.3) is 0 Å². The van der Waals surface area contributed by atoms with Crippen molar-refractivity contribution in [2.24, 2.45) is 4.99 Å². The van der Waals surface area contributed by atoms with Gasteiger partial charge in [-0.3, -0.25) is 0 Å². The van der Waals surface area contributed by atoms with Gasteiger partial charge in [-0.25, -0.2) is 14.2 Å². The van der Waals surface area contributed by atoms with Gasteiger partial charge in [0.15, 0.2) is 16.7 Å². The second-order valence-electron chi connectivity index (χ2n) is 7.58. The molecule has 1 atom stereocenters. The maximum absolute atomic E-state index is 14.3. The molecule has 0 saturated heterocycles. The number of ether oxygens (including phenoxy) is 3. The molecular weight excluding hydrogens is 559 g/mol. The Hall–Kier alpha value is -2.49. The number of amidine groups is 1. The fraction of sp³-hybridized carbons (Fsp3) is 0.280. The molecule has 2 aliphatic rings. The Morgan fingerprint density at radius 2 is 2.06 bits per heavy atom. The van der Waals surface area contributed by atoms with Crippen LogP contribution in [0.25, 0.3) is 0 Å². The van der Waals surface area contributed by atoms with Crippen LogP contribution in [-0.2, 0) is 16.1 Å². The minimum atomic E-state index is -0.474. The van der Waals surface area contributed by atoms with Crippen LogP contribution in [0.2, 0.25) is 5.02 Å². The fourth-order valence-electron chi connectivity index (χ4n) is 3.86. The van der Waals surface area contributed by atoms with Crippen molar-refractivity contribution in [3.8, 4) is 11.5 Å². The molecule has 0 bridgehead atoms. The summed E-state index contributed by atoms with van der Waals surface area (Å²) in [6.45, 7) is 5.98. The van der Waals surface area contributed by atoms with Gasteiger partial charge in [0.1, 0.15) is 12.4 Å². The van der Waals surface area contributed by atoms with Gasteiger partial charge >= 0.3 is 5.97 Å². The monoisotopic (exact) mass is 580 g/mol. The zero-order valence-electron chi connectivity index (χ0n) is 19.3. The molecule has 2 aromatic rings. The summed E-state index contributed by atoms with van der Waals surface area (Å²) < 4.78 is 32.1. The molecule has 0 unspecified atom stereocenters. The van der Waals surface area contributed by atoms with Gasteiger partial charge < -0.3 is 19.1 Å². The number of fused-ring (bicyclic) bond motifs is 1. The van der Waals surface area contributed by atoms with Crippen LogP contribution in [0, 0.1) is 5.82 Å². The number of esters is 1. The summed E-state index contributed by atoms with van der Waals surface area (Å²) in [5.74, 6) is -0.0172. The molecule has 10 heteroatoms. The van der Waals surface area contributed by atoms with Gasteiger partial charge in [-0.2, -0.15) is 0 Å². The number of hydrogen-bond acceptors (Lipinski definition) is 7. The maximum Gasteiger partial charge on any atom is 0.338 e. The van der Waals surface area contributed by atoms with Gasteiger partial charge in [-0.05, 0) is 71.9 Å². The van der Waals surface area contributed by atoms with Crippen LogP contribution < -0.4 is 9.47 Å². The second-order valence-corrected chi connectivity index (χ2v) is 9.71. The normalized spacial score (nSPS) is 16.8. The van der Waals surface area contributed by atoms with Gasteiger partial charge in [0.2, 0.25) is 0 Å². The minimum absolute atomic E-state index is 0.0810. The molecule has 0 N–H and O–H groups in total. The Balaban J connectivity index is 1.75. The van der Waals surface area contributed by atoms with E-state index in [1.165, 1.54) is 17.8 Å². The molecule has 0 spiro atoms. The lowest BCUT2D eigenvalue weighted by molar-refractivity contribution is -0.139. The zero-order valence-corrected chi connectivity index (χ0v) is 22.5. The fourth-order valence-corrected chi connectivity index (χ4v) is 5.44. The van der Waals surface area contributed by atoms with E-state index in [1.807, 2.05) is 35.6 Å². The van der Waals surface area contributed by atoms with Crippen LogP contribution in [0.15, 0.2) is 62.7 Å². The van der Waals surface area contributed by atoms with Crippen molar-refractivity contribution < 1.29 is 23.4 Å². The number of benzene rings is 2. The van der Waals surface area contributed by atoms with Crippen molar-refractivity contribution in [3.05, 3.63) is 79.6 Å². The van der Waals surface area contributed by atoms with E-state index in [4.69, 9.17) is 25.8 Å². The van der Waals surface area contributed by atoms with Gasteiger partial charge in [-0.1, -0.05) is 29.4 Å². The van der Waals surface area contributed by atoms with Crippen molar-refractivity contribution in [1.82, 2.24) is 4.90 Å². The molecule has 2 aromatic carbocycles. The average Bonchev–Trinajstić information content (AvgIpc) is 3.27. The molecule has 0 saturated carbocycles. The first kappa shape index (κ1) is 25.6. The number of aliphatic imine (C=N–C) groups is 1. The number of nitrogens with zero attached hydrogens (tertiary/aromatic N) is 2. The van der Waals surface area contributed by atoms with E-state index in [-0.39, 0.29) is 23.8 Å². The number of halogens is 3. The first-order valence-electron chi connectivity index (χ1n) is 11.0. The summed E-state index contributed by atoms with van der Waals surface area (Å²) in [5, 5.41) is 2.97. The highest BCUT2D eigenvalue weighted by molar-refractivity contribution is 9.10. The first-order valence-corrected chi connectivity index (χ1v) is 13.0. The number of allylic oxidation sites excluding steroid dienone is 1. The highest BCUT2D eigenvalue weighted by atomic mass is 79.9. The van der Waals surface area contributed by atoms with Crippen LogP contribution in [0.3, 0.4) is 0 Å². The second kappa shape index (κ2) is 11.1. The molecule has 0 aliphatic carbocycles. The van der Waals surface area contributed by atoms with Crippen LogP contribution in [0.4, 0.5) is 4.39 Å². The minimum Gasteiger partial charge on any atom is -0.490 e. The maximum atomic E-state index is 14.3. The summed E-state index contributed by atoms with van der Waals surface area (Å²) in [7, 11) is 0. The van der Waals surface area contributed by atoms with Crippen molar-refractivity contribution in [3.63, 3.8) is 0 Å². The van der Waals surface area contributed by atoms with E-state index in [2.05, 4.69) is 20.9 Å². The molecule has 2 heterocycles. The van der Waals surface area contributed by atoms with E-state index < -0.39 is 17.8 Å². The number of thioether (sulfide) groups is 1. The van der Waals surface area contributed by atoms with Crippen LogP contribution in [0.1, 0.15) is 37.9 Å². The average molecular weight is 582 g/mol. The predicted molar refractivity (Wildman–Crippen MR) is 139 cm³/mol. The van der Waals surface area contributed by atoms with Gasteiger partial charge in [-0.15, -0.1) is 0 Å². The smallest absolute Gasteiger partial charge is 0.338 e. The molecule has 2 aliphatic heterocycles. The molecule has 0 radical (unpaired) electrons. The summed E-state index contributed by atoms with van der Waals surface area (Å²) in [5.41, 5.74) is 2.07. The molecule has 184 valence electrons. The lowest BCUT2D eigenvalue weighted by Crippen LogP contribution is -2.34. The summed E-state index contributed by atoms with van der Waals surface area (Å²) in [6, 6.07) is 7.70. The Kier molecular flexibility index (Phi) is 8.09. The number of carbonyl (C=O) groups excluding carboxylic acids is 1. The molecule has 35 heavy (non-hydrogen) atoms. The van der Waals surface area contributed by atoms with Gasteiger partial charge in [0.05, 0.1) is 40.0 Å². The number of hydrogen-bond donors (Lipinski definition) is 0. The summed E-state index contributed by atoms with van der Waals surface area (Å²) in [4.78, 5) is 19.5. The van der Waals surface area contributed by atoms with E-state index in [0.29, 0.717) is 33.8 Å². The largest absolute Gasteiger partial charge is 0.490 e. The third kappa shape index (κ3) is 5.22. The number of rotatable bonds is 8. The quantitative estimate of drug-likeness (QED) is 0.313. The molecule has 0 amide bonds. The molecule has 0 fully saturated rings. The summed E-state index contributed by atoms with van der Waals surface area (Å²) in [6.07, 6.45) is 1.89. The number of carbonyl (C=O) groups is 1. The van der Waals surface area contributed by atoms with Crippen molar-refractivity contribution in [1.29, 1.82) is 0 Å². The third-order valence-electron chi connectivity index (χ3n) is 5.39. The highest BCUT2D eigenvalue weighted by Gasteiger charge is 2.38. The lowest BCUT2D eigenvalue weighted by Gasteiger charge is -2.33. The summed E-state index contributed by atoms with van der Waals surface area (Å²) >= 11 is 11.2. The first-order chi connectivity index (χ1) is 16.8. The van der Waals surface area contributed by atoms with E-state index in [1.54, 1.807) is 26.0 Å². The topological polar surface area (TPSA) is 60.4 Å². The lowest BCUT2D eigenvalue weighted by atomic mass is 9.94. The Morgan fingerprint density at radius 1 is 1.26 bits per heavy atom. The third-order valence-corrected chi connectivity index (χ3v) is 7.10. The van der Waals surface area contributed by atoms with Crippen LogP contribution >= 0.6 is 39.3 Å². The zero-order chi connectivity index (χ0) is 25.1. The van der Waals surface area contributed by atoms with Crippen LogP contribution in [0.5, 0.6) is 11.5 Å². The van der Waals surface area contributed by atoms with Crippen molar-refractivity contribution >= 4 is 50.4 Å². The molecule has 6 nitrogen and oxygen atoms in total. The molecule has 0 aromatic heterocycles.